The molecule has 3 N–H and O–H groups in total. The quantitative estimate of drug-likeness (QED) is 0.856. The van der Waals surface area contributed by atoms with Crippen LogP contribution in [0.4, 0.5) is 11.5 Å². The van der Waals surface area contributed by atoms with Gasteiger partial charge in [0.15, 0.2) is 0 Å². The number of aromatic nitrogens is 3. The topological polar surface area (TPSA) is 94.9 Å². The summed E-state index contributed by atoms with van der Waals surface area (Å²) >= 11 is 1.55. The molecule has 0 spiro atoms. The summed E-state index contributed by atoms with van der Waals surface area (Å²) in [4.78, 5) is 29.4. The Morgan fingerprint density at radius 2 is 2.14 bits per heavy atom. The minimum atomic E-state index is -0.411. The Bertz CT molecular complexity index is 759. The maximum absolute atomic E-state index is 12.2. The number of nitrogens with zero attached hydrogens (tertiary/aromatic N) is 3. The molecule has 8 heteroatoms. The number of nitrogen functional groups attached to an aromatic ring is 1. The summed E-state index contributed by atoms with van der Waals surface area (Å²) in [5, 5.41) is 3.99. The maximum Gasteiger partial charge on any atom is 0.332 e. The smallest absolute Gasteiger partial charge is 0.332 e. The van der Waals surface area contributed by atoms with Gasteiger partial charge in [0.1, 0.15) is 11.5 Å². The Hall–Kier alpha value is -2.09. The molecule has 0 radical (unpaired) electrons. The first-order valence-electron chi connectivity index (χ1n) is 6.70. The van der Waals surface area contributed by atoms with E-state index in [1.54, 1.807) is 17.5 Å². The third kappa shape index (κ3) is 2.99. The van der Waals surface area contributed by atoms with E-state index in [1.807, 2.05) is 13.8 Å². The number of anilines is 2. The first-order valence-corrected chi connectivity index (χ1v) is 7.51. The summed E-state index contributed by atoms with van der Waals surface area (Å²) in [6, 6.07) is 0. The van der Waals surface area contributed by atoms with Gasteiger partial charge in [-0.1, -0.05) is 6.92 Å². The fourth-order valence-corrected chi connectivity index (χ4v) is 2.79. The normalized spacial score (nSPS) is 10.8. The third-order valence-corrected chi connectivity index (χ3v) is 4.05. The van der Waals surface area contributed by atoms with E-state index in [0.29, 0.717) is 13.1 Å². The summed E-state index contributed by atoms with van der Waals surface area (Å²) in [5.74, 6) is 0.186. The van der Waals surface area contributed by atoms with Crippen LogP contribution in [0, 0.1) is 6.92 Å². The highest BCUT2D eigenvalue weighted by Gasteiger charge is 2.14. The second-order valence-corrected chi connectivity index (χ2v) is 6.08. The number of nitrogens with two attached hydrogens (primary N) is 1. The van der Waals surface area contributed by atoms with Crippen LogP contribution >= 0.6 is 11.3 Å². The van der Waals surface area contributed by atoms with Crippen molar-refractivity contribution in [2.75, 3.05) is 11.1 Å². The summed E-state index contributed by atoms with van der Waals surface area (Å²) < 4.78 is 2.49. The molecule has 2 heterocycles. The summed E-state index contributed by atoms with van der Waals surface area (Å²) in [5.41, 5.74) is 5.44. The second kappa shape index (κ2) is 6.13. The van der Waals surface area contributed by atoms with Gasteiger partial charge >= 0.3 is 5.69 Å². The van der Waals surface area contributed by atoms with E-state index in [0.717, 1.165) is 20.9 Å². The number of rotatable bonds is 5. The Kier molecular flexibility index (Phi) is 4.46. The molecule has 0 aliphatic carbocycles. The van der Waals surface area contributed by atoms with Crippen molar-refractivity contribution in [1.82, 2.24) is 14.1 Å². The Labute approximate surface area is 126 Å². The molecule has 2 rings (SSSR count). The molecule has 0 unspecified atom stereocenters. The highest BCUT2D eigenvalue weighted by molar-refractivity contribution is 7.11. The van der Waals surface area contributed by atoms with E-state index in [4.69, 9.17) is 5.73 Å². The molecule has 0 aliphatic heterocycles. The van der Waals surface area contributed by atoms with Crippen LogP contribution in [-0.4, -0.2) is 14.1 Å². The lowest BCUT2D eigenvalue weighted by atomic mass is 10.4. The molecule has 0 aliphatic rings. The zero-order chi connectivity index (χ0) is 15.6. The Morgan fingerprint density at radius 1 is 1.43 bits per heavy atom. The van der Waals surface area contributed by atoms with Gasteiger partial charge in [0.05, 0.1) is 11.6 Å². The van der Waals surface area contributed by atoms with E-state index >= 15 is 0 Å². The molecule has 2 aromatic heterocycles. The molecule has 0 saturated carbocycles. The van der Waals surface area contributed by atoms with Gasteiger partial charge in [-0.25, -0.2) is 9.78 Å². The second-order valence-electron chi connectivity index (χ2n) is 4.76. The Balaban J connectivity index is 2.38. The van der Waals surface area contributed by atoms with Gasteiger partial charge in [0.2, 0.25) is 0 Å². The van der Waals surface area contributed by atoms with Crippen molar-refractivity contribution in [3.05, 3.63) is 36.9 Å². The van der Waals surface area contributed by atoms with Gasteiger partial charge in [0.25, 0.3) is 5.56 Å². The van der Waals surface area contributed by atoms with Crippen molar-refractivity contribution in [2.24, 2.45) is 7.05 Å². The van der Waals surface area contributed by atoms with E-state index in [1.165, 1.54) is 11.6 Å². The zero-order valence-corrected chi connectivity index (χ0v) is 13.2. The molecule has 0 fully saturated rings. The average molecular weight is 309 g/mol. The van der Waals surface area contributed by atoms with Crippen LogP contribution in [0.25, 0.3) is 0 Å². The van der Waals surface area contributed by atoms with Crippen molar-refractivity contribution in [3.63, 3.8) is 0 Å². The first kappa shape index (κ1) is 15.3. The summed E-state index contributed by atoms with van der Waals surface area (Å²) in [6.07, 6.45) is 2.52. The van der Waals surface area contributed by atoms with Crippen LogP contribution in [-0.2, 0) is 20.1 Å². The van der Waals surface area contributed by atoms with Crippen LogP contribution < -0.4 is 22.3 Å². The molecule has 114 valence electrons. The lowest BCUT2D eigenvalue weighted by Crippen LogP contribution is -2.40. The molecule has 0 amide bonds. The number of thiazole rings is 1. The van der Waals surface area contributed by atoms with E-state index < -0.39 is 11.2 Å². The molecule has 0 bridgehead atoms. The summed E-state index contributed by atoms with van der Waals surface area (Å²) in [7, 11) is 1.46. The van der Waals surface area contributed by atoms with Crippen LogP contribution in [0.1, 0.15) is 23.2 Å². The van der Waals surface area contributed by atoms with Crippen LogP contribution in [0.3, 0.4) is 0 Å². The SMILES string of the molecule is CCCn1c(N)c(NCc2cnc(C)s2)c(=O)n(C)c1=O. The number of nitrogens with one attached hydrogen (secondary N) is 1. The largest absolute Gasteiger partial charge is 0.383 e. The number of hydrogen-bond acceptors (Lipinski definition) is 6. The Morgan fingerprint density at radius 3 is 2.71 bits per heavy atom. The van der Waals surface area contributed by atoms with Crippen molar-refractivity contribution in [2.45, 2.75) is 33.4 Å². The lowest BCUT2D eigenvalue weighted by molar-refractivity contribution is 0.600. The van der Waals surface area contributed by atoms with E-state index in [-0.39, 0.29) is 11.5 Å². The standard InChI is InChI=1S/C13H19N5O2S/c1-4-5-18-11(14)10(12(19)17(3)13(18)20)16-7-9-6-15-8(2)21-9/h6,16H,4-5,7,14H2,1-3H3. The molecule has 0 aromatic carbocycles. The third-order valence-electron chi connectivity index (χ3n) is 3.14. The molecule has 7 nitrogen and oxygen atoms in total. The van der Waals surface area contributed by atoms with Gasteiger partial charge in [0, 0.05) is 24.7 Å². The average Bonchev–Trinajstić information content (AvgIpc) is 2.87. The van der Waals surface area contributed by atoms with Gasteiger partial charge in [-0.05, 0) is 13.3 Å². The van der Waals surface area contributed by atoms with Gasteiger partial charge in [-0.15, -0.1) is 11.3 Å². The highest BCUT2D eigenvalue weighted by atomic mass is 32.1. The van der Waals surface area contributed by atoms with Gasteiger partial charge in [-0.3, -0.25) is 13.9 Å². The fraction of sp³-hybridized carbons (Fsp3) is 0.462. The van der Waals surface area contributed by atoms with Crippen molar-refractivity contribution < 1.29 is 0 Å². The van der Waals surface area contributed by atoms with Crippen molar-refractivity contribution in [1.29, 1.82) is 0 Å². The molecular formula is C13H19N5O2S. The molecule has 21 heavy (non-hydrogen) atoms. The van der Waals surface area contributed by atoms with E-state index in [2.05, 4.69) is 10.3 Å². The highest BCUT2D eigenvalue weighted by Crippen LogP contribution is 2.16. The van der Waals surface area contributed by atoms with Crippen LogP contribution in [0.5, 0.6) is 0 Å². The van der Waals surface area contributed by atoms with Crippen molar-refractivity contribution in [3.8, 4) is 0 Å². The number of aryl methyl sites for hydroxylation is 1. The van der Waals surface area contributed by atoms with Gasteiger partial charge in [-0.2, -0.15) is 0 Å². The minimum absolute atomic E-state index is 0.186. The van der Waals surface area contributed by atoms with Crippen LogP contribution in [0.15, 0.2) is 15.8 Å². The maximum atomic E-state index is 12.2. The zero-order valence-electron chi connectivity index (χ0n) is 12.3. The molecule has 2 aromatic rings. The number of hydrogen-bond donors (Lipinski definition) is 2. The lowest BCUT2D eigenvalue weighted by Gasteiger charge is -2.15. The van der Waals surface area contributed by atoms with Crippen molar-refractivity contribution >= 4 is 22.8 Å². The summed E-state index contributed by atoms with van der Waals surface area (Å²) in [6.45, 7) is 4.80. The molecule has 0 atom stereocenters. The minimum Gasteiger partial charge on any atom is -0.383 e. The molecular weight excluding hydrogens is 290 g/mol. The monoisotopic (exact) mass is 309 g/mol. The van der Waals surface area contributed by atoms with Gasteiger partial charge < -0.3 is 11.1 Å². The predicted octanol–water partition coefficient (Wildman–Crippen LogP) is 0.916. The first-order chi connectivity index (χ1) is 9.95. The predicted molar refractivity (Wildman–Crippen MR) is 84.8 cm³/mol. The molecule has 0 saturated heterocycles. The van der Waals surface area contributed by atoms with Crippen LogP contribution in [0.2, 0.25) is 0 Å². The van der Waals surface area contributed by atoms with E-state index in [9.17, 15) is 9.59 Å². The fourth-order valence-electron chi connectivity index (χ4n) is 2.05.